The van der Waals surface area contributed by atoms with E-state index < -0.39 is 25.6 Å². The van der Waals surface area contributed by atoms with Crippen LogP contribution in [0.1, 0.15) is 56.9 Å². The zero-order valence-electron chi connectivity index (χ0n) is 25.9. The van der Waals surface area contributed by atoms with E-state index in [1.54, 1.807) is 0 Å². The fourth-order valence-electron chi connectivity index (χ4n) is 5.72. The lowest BCUT2D eigenvalue weighted by Crippen LogP contribution is -2.69. The van der Waals surface area contributed by atoms with Crippen LogP contribution in [0.3, 0.4) is 0 Å². The lowest BCUT2D eigenvalue weighted by molar-refractivity contribution is -0.176. The summed E-state index contributed by atoms with van der Waals surface area (Å²) in [4.78, 5) is 14.7. The molecule has 1 aliphatic carbocycles. The first-order chi connectivity index (χ1) is 19.9. The molecule has 0 amide bonds. The number of rotatable bonds is 9. The number of ether oxygens (including phenoxy) is 1. The molecule has 0 heterocycles. The first-order valence-corrected chi connectivity index (χ1v) is 17.8. The van der Waals surface area contributed by atoms with Crippen LogP contribution in [0.2, 0.25) is 18.1 Å². The van der Waals surface area contributed by atoms with Gasteiger partial charge in [-0.25, -0.2) is 4.79 Å². The van der Waals surface area contributed by atoms with E-state index in [0.717, 1.165) is 33.4 Å². The Morgan fingerprint density at radius 2 is 1.24 bits per heavy atom. The summed E-state index contributed by atoms with van der Waals surface area (Å²) in [5.41, 5.74) is 4.16. The normalized spacial score (nSPS) is 15.5. The minimum Gasteiger partial charge on any atom is -0.458 e. The van der Waals surface area contributed by atoms with Gasteiger partial charge in [0.2, 0.25) is 5.72 Å². The van der Waals surface area contributed by atoms with Crippen LogP contribution in [0.5, 0.6) is 0 Å². The van der Waals surface area contributed by atoms with E-state index in [4.69, 9.17) is 9.16 Å². The average Bonchev–Trinajstić information content (AvgIpc) is 3.26. The van der Waals surface area contributed by atoms with Gasteiger partial charge in [-0.3, -0.25) is 5.32 Å². The Balaban J connectivity index is 1.75. The fraction of sp³-hybridized carbons (Fsp3) is 0.324. The molecule has 4 aromatic rings. The second kappa shape index (κ2) is 11.3. The monoisotopic (exact) mass is 577 g/mol. The lowest BCUT2D eigenvalue weighted by Gasteiger charge is -2.50. The third-order valence-electron chi connectivity index (χ3n) is 9.08. The maximum absolute atomic E-state index is 14.7. The molecule has 0 aliphatic heterocycles. The van der Waals surface area contributed by atoms with E-state index >= 15 is 0 Å². The maximum Gasteiger partial charge on any atom is 0.353 e. The van der Waals surface area contributed by atoms with Crippen LogP contribution in [0.25, 0.3) is 11.1 Å². The second-order valence-corrected chi connectivity index (χ2v) is 17.9. The first-order valence-electron chi connectivity index (χ1n) is 14.9. The summed E-state index contributed by atoms with van der Waals surface area (Å²) in [7, 11) is -2.53. The molecule has 1 N–H and O–H groups in total. The highest BCUT2D eigenvalue weighted by molar-refractivity contribution is 6.74. The van der Waals surface area contributed by atoms with E-state index in [2.05, 4.69) is 126 Å². The summed E-state index contributed by atoms with van der Waals surface area (Å²) in [5.74, 6) is -0.654. The van der Waals surface area contributed by atoms with Crippen molar-refractivity contribution in [3.63, 3.8) is 0 Å². The van der Waals surface area contributed by atoms with Crippen molar-refractivity contribution >= 4 is 14.3 Å². The molecule has 0 fully saturated rings. The molecule has 5 rings (SSSR count). The highest BCUT2D eigenvalue weighted by Crippen LogP contribution is 2.53. The predicted molar refractivity (Wildman–Crippen MR) is 173 cm³/mol. The summed E-state index contributed by atoms with van der Waals surface area (Å²) >= 11 is 0. The zero-order chi connectivity index (χ0) is 30.2. The molecular formula is C37H43NO3Si. The second-order valence-electron chi connectivity index (χ2n) is 13.1. The van der Waals surface area contributed by atoms with Crippen LogP contribution in [0, 0.1) is 5.92 Å². The molecule has 0 spiro atoms. The van der Waals surface area contributed by atoms with Gasteiger partial charge in [0.05, 0.1) is 5.54 Å². The summed E-state index contributed by atoms with van der Waals surface area (Å²) in [6.45, 7) is 15.3. The van der Waals surface area contributed by atoms with Crippen molar-refractivity contribution in [3.8, 4) is 11.1 Å². The van der Waals surface area contributed by atoms with Gasteiger partial charge in [-0.15, -0.1) is 0 Å². The maximum atomic E-state index is 14.7. The Labute approximate surface area is 252 Å². The quantitative estimate of drug-likeness (QED) is 0.123. The molecule has 4 nitrogen and oxygen atoms in total. The number of nitrogens with one attached hydrogen (secondary N) is 1. The topological polar surface area (TPSA) is 47.6 Å². The Morgan fingerprint density at radius 1 is 0.762 bits per heavy atom. The third kappa shape index (κ3) is 5.15. The molecule has 0 unspecified atom stereocenters. The summed E-state index contributed by atoms with van der Waals surface area (Å²) < 4.78 is 13.5. The molecule has 42 heavy (non-hydrogen) atoms. The predicted octanol–water partition coefficient (Wildman–Crippen LogP) is 8.67. The van der Waals surface area contributed by atoms with Crippen molar-refractivity contribution < 1.29 is 14.0 Å². The Hall–Kier alpha value is -3.51. The van der Waals surface area contributed by atoms with E-state index in [1.807, 2.05) is 36.4 Å². The molecule has 0 bridgehead atoms. The van der Waals surface area contributed by atoms with Gasteiger partial charge in [0, 0.05) is 5.92 Å². The summed E-state index contributed by atoms with van der Waals surface area (Å²) in [6.07, 6.45) is 0. The number of esters is 1. The van der Waals surface area contributed by atoms with Gasteiger partial charge >= 0.3 is 5.97 Å². The average molecular weight is 578 g/mol. The van der Waals surface area contributed by atoms with Crippen LogP contribution >= 0.6 is 0 Å². The third-order valence-corrected chi connectivity index (χ3v) is 13.5. The van der Waals surface area contributed by atoms with E-state index in [-0.39, 0.29) is 17.6 Å². The number of benzene rings is 4. The van der Waals surface area contributed by atoms with Gasteiger partial charge in [-0.2, -0.15) is 0 Å². The highest BCUT2D eigenvalue weighted by atomic mass is 28.4. The minimum absolute atomic E-state index is 0.139. The fourth-order valence-corrected chi connectivity index (χ4v) is 7.20. The molecule has 5 heteroatoms. The van der Waals surface area contributed by atoms with Gasteiger partial charge < -0.3 is 9.16 Å². The highest BCUT2D eigenvalue weighted by Gasteiger charge is 2.58. The van der Waals surface area contributed by atoms with Crippen LogP contribution < -0.4 is 5.32 Å². The van der Waals surface area contributed by atoms with Crippen molar-refractivity contribution in [1.29, 1.82) is 0 Å². The largest absolute Gasteiger partial charge is 0.458 e. The van der Waals surface area contributed by atoms with Crippen LogP contribution in [0.15, 0.2) is 109 Å². The van der Waals surface area contributed by atoms with E-state index in [0.29, 0.717) is 0 Å². The SMILES string of the molecule is CC(C)[C@](NC1(c2ccccc2)c2ccccc2-c2ccccc21)(O[Si](C)(C)C(C)(C)C)C(=O)OCc1ccccc1. The van der Waals surface area contributed by atoms with Crippen molar-refractivity contribution in [2.45, 2.75) is 70.6 Å². The molecule has 1 atom stereocenters. The van der Waals surface area contributed by atoms with Crippen molar-refractivity contribution in [2.75, 3.05) is 0 Å². The van der Waals surface area contributed by atoms with Crippen LogP contribution in [0.4, 0.5) is 0 Å². The summed E-state index contributed by atoms with van der Waals surface area (Å²) in [5, 5.41) is 3.83. The molecule has 0 aromatic heterocycles. The molecule has 0 radical (unpaired) electrons. The van der Waals surface area contributed by atoms with E-state index in [1.165, 1.54) is 0 Å². The van der Waals surface area contributed by atoms with Crippen molar-refractivity contribution in [1.82, 2.24) is 5.32 Å². The van der Waals surface area contributed by atoms with Crippen LogP contribution in [-0.4, -0.2) is 20.0 Å². The number of carbonyl (C=O) groups excluding carboxylic acids is 1. The molecule has 0 saturated heterocycles. The number of carbonyl (C=O) groups is 1. The molecule has 218 valence electrons. The summed E-state index contributed by atoms with van der Waals surface area (Å²) in [6, 6.07) is 37.2. The molecule has 4 aromatic carbocycles. The van der Waals surface area contributed by atoms with E-state index in [9.17, 15) is 4.79 Å². The number of hydrogen-bond donors (Lipinski definition) is 1. The van der Waals surface area contributed by atoms with Gasteiger partial charge in [0.1, 0.15) is 6.61 Å². The zero-order valence-corrected chi connectivity index (χ0v) is 26.9. The molecule has 1 aliphatic rings. The standard InChI is InChI=1S/C37H43NO3Si/c1-27(2)37(41-42(6,7)35(3,4)5,34(39)40-26-28-18-10-8-11-19-28)38-36(29-20-12-9-13-21-29)32-24-16-14-22-30(32)31-23-15-17-25-33(31)36/h8-25,27,38H,26H2,1-7H3/t37-/m0/s1. The number of hydrogen-bond acceptors (Lipinski definition) is 4. The van der Waals surface area contributed by atoms with Crippen LogP contribution in [-0.2, 0) is 26.1 Å². The van der Waals surface area contributed by atoms with Crippen molar-refractivity contribution in [3.05, 3.63) is 131 Å². The first kappa shape index (κ1) is 30.0. The van der Waals surface area contributed by atoms with Gasteiger partial charge in [0.25, 0.3) is 0 Å². The Morgan fingerprint density at radius 3 is 1.74 bits per heavy atom. The van der Waals surface area contributed by atoms with Gasteiger partial charge in [-0.1, -0.05) is 144 Å². The van der Waals surface area contributed by atoms with Gasteiger partial charge in [0.15, 0.2) is 8.32 Å². The molecule has 0 saturated carbocycles. The lowest BCUT2D eigenvalue weighted by atomic mass is 9.78. The smallest absolute Gasteiger partial charge is 0.353 e. The van der Waals surface area contributed by atoms with Crippen molar-refractivity contribution in [2.24, 2.45) is 5.92 Å². The number of fused-ring (bicyclic) bond motifs is 3. The Bertz CT molecular complexity index is 1500. The Kier molecular flexibility index (Phi) is 8.05. The minimum atomic E-state index is -2.53. The molecular weight excluding hydrogens is 534 g/mol. The van der Waals surface area contributed by atoms with Gasteiger partial charge in [-0.05, 0) is 51.5 Å².